The maximum absolute atomic E-state index is 6.24. The van der Waals surface area contributed by atoms with Crippen LogP contribution in [0.3, 0.4) is 0 Å². The molecule has 0 spiro atoms. The van der Waals surface area contributed by atoms with Gasteiger partial charge < -0.3 is 10.3 Å². The molecule has 0 atom stereocenters. The summed E-state index contributed by atoms with van der Waals surface area (Å²) in [5.74, 6) is 1.04. The van der Waals surface area contributed by atoms with Gasteiger partial charge in [0.15, 0.2) is 22.5 Å². The Morgan fingerprint density at radius 3 is 2.65 bits per heavy atom. The van der Waals surface area contributed by atoms with Crippen LogP contribution in [0, 0.1) is 0 Å². The van der Waals surface area contributed by atoms with E-state index >= 15 is 0 Å². The number of hydrogen-bond acceptors (Lipinski definition) is 5. The number of hydrogen-bond donors (Lipinski definition) is 1. The molecule has 9 heteroatoms. The van der Waals surface area contributed by atoms with Gasteiger partial charge in [-0.2, -0.15) is 0 Å². The number of aryl methyl sites for hydroxylation is 1. The van der Waals surface area contributed by atoms with E-state index in [9.17, 15) is 0 Å². The maximum atomic E-state index is 6.24. The minimum atomic E-state index is 0.343. The van der Waals surface area contributed by atoms with Gasteiger partial charge in [-0.15, -0.1) is 6.58 Å². The summed E-state index contributed by atoms with van der Waals surface area (Å²) >= 11 is 19.6. The van der Waals surface area contributed by atoms with Crippen molar-refractivity contribution in [1.82, 2.24) is 19.5 Å². The van der Waals surface area contributed by atoms with Gasteiger partial charge >= 0.3 is 0 Å². The number of imidazole rings is 1. The molecule has 0 amide bonds. The predicted molar refractivity (Wildman–Crippen MR) is 108 cm³/mol. The van der Waals surface area contributed by atoms with Crippen LogP contribution in [0.5, 0.6) is 0 Å². The van der Waals surface area contributed by atoms with Crippen LogP contribution in [0.25, 0.3) is 11.5 Å². The van der Waals surface area contributed by atoms with Gasteiger partial charge in [-0.25, -0.2) is 15.0 Å². The van der Waals surface area contributed by atoms with Crippen LogP contribution >= 0.6 is 46.6 Å². The SMILES string of the molecule is C=C(C)CCCn1cnc(N)c2nc(Sc3cc(Cl)c(Cl)cc3Cl)nc1-2. The normalized spacial score (nSPS) is 11.2. The molecule has 3 rings (SSSR count). The summed E-state index contributed by atoms with van der Waals surface area (Å²) in [5, 5.41) is 1.83. The highest BCUT2D eigenvalue weighted by molar-refractivity contribution is 7.99. The molecule has 2 aliphatic heterocycles. The van der Waals surface area contributed by atoms with Crippen LogP contribution in [0.15, 0.2) is 40.7 Å². The molecule has 1 aromatic carbocycles. The minimum absolute atomic E-state index is 0.343. The summed E-state index contributed by atoms with van der Waals surface area (Å²) in [6.07, 6.45) is 3.56. The summed E-state index contributed by atoms with van der Waals surface area (Å²) in [5.41, 5.74) is 7.68. The van der Waals surface area contributed by atoms with Crippen LogP contribution in [-0.2, 0) is 6.54 Å². The number of nitrogen functional groups attached to an aromatic ring is 1. The molecule has 1 aromatic rings. The monoisotopic (exact) mass is 427 g/mol. The Kier molecular flexibility index (Phi) is 5.97. The zero-order valence-electron chi connectivity index (χ0n) is 14.0. The highest BCUT2D eigenvalue weighted by Gasteiger charge is 2.20. The molecule has 0 saturated heterocycles. The second-order valence-corrected chi connectivity index (χ2v) is 8.09. The van der Waals surface area contributed by atoms with Crippen LogP contribution < -0.4 is 5.73 Å². The Morgan fingerprint density at radius 2 is 1.92 bits per heavy atom. The van der Waals surface area contributed by atoms with Crippen molar-refractivity contribution < 1.29 is 0 Å². The standard InChI is InChI=1S/C17H16Cl3N5S/c1-9(2)4-3-5-25-8-22-15(21)14-16(25)24-17(23-14)26-13-7-11(19)10(18)6-12(13)20/h6-8H,1,3-5,21H2,2H3. The average molecular weight is 429 g/mol. The molecular formula is C17H16Cl3N5S. The average Bonchev–Trinajstić information content (AvgIpc) is 2.99. The zero-order chi connectivity index (χ0) is 18.8. The van der Waals surface area contributed by atoms with Gasteiger partial charge in [-0.05, 0) is 43.7 Å². The van der Waals surface area contributed by atoms with Crippen molar-refractivity contribution >= 4 is 52.4 Å². The lowest BCUT2D eigenvalue weighted by Crippen LogP contribution is -2.08. The molecule has 0 fully saturated rings. The molecule has 0 aromatic heterocycles. The van der Waals surface area contributed by atoms with E-state index in [0.29, 0.717) is 37.6 Å². The first-order valence-electron chi connectivity index (χ1n) is 7.80. The van der Waals surface area contributed by atoms with Crippen molar-refractivity contribution in [3.05, 3.63) is 45.7 Å². The lowest BCUT2D eigenvalue weighted by Gasteiger charge is -2.10. The van der Waals surface area contributed by atoms with Gasteiger partial charge in [0.1, 0.15) is 0 Å². The summed E-state index contributed by atoms with van der Waals surface area (Å²) < 4.78 is 1.95. The van der Waals surface area contributed by atoms with E-state index in [0.717, 1.165) is 29.9 Å². The third-order valence-corrected chi connectivity index (χ3v) is 5.72. The Bertz CT molecular complexity index is 940. The van der Waals surface area contributed by atoms with E-state index in [4.69, 9.17) is 40.5 Å². The second kappa shape index (κ2) is 8.05. The molecule has 0 bridgehead atoms. The van der Waals surface area contributed by atoms with Crippen LogP contribution in [0.1, 0.15) is 19.8 Å². The number of nitrogens with two attached hydrogens (primary N) is 1. The van der Waals surface area contributed by atoms with E-state index in [1.165, 1.54) is 11.8 Å². The van der Waals surface area contributed by atoms with Crippen molar-refractivity contribution in [3.63, 3.8) is 0 Å². The Morgan fingerprint density at radius 1 is 1.19 bits per heavy atom. The smallest absolute Gasteiger partial charge is 0.195 e. The first-order valence-corrected chi connectivity index (χ1v) is 9.75. The summed E-state index contributed by atoms with van der Waals surface area (Å²) in [4.78, 5) is 14.0. The van der Waals surface area contributed by atoms with E-state index < -0.39 is 0 Å². The van der Waals surface area contributed by atoms with Gasteiger partial charge in [-0.1, -0.05) is 40.4 Å². The summed E-state index contributed by atoms with van der Waals surface area (Å²) in [7, 11) is 0. The van der Waals surface area contributed by atoms with Crippen molar-refractivity contribution in [3.8, 4) is 11.5 Å². The predicted octanol–water partition coefficient (Wildman–Crippen LogP) is 5.83. The Labute approximate surface area is 170 Å². The van der Waals surface area contributed by atoms with E-state index in [2.05, 4.69) is 21.5 Å². The summed E-state index contributed by atoms with van der Waals surface area (Å²) in [6.45, 7) is 6.70. The second-order valence-electron chi connectivity index (χ2n) is 5.86. The van der Waals surface area contributed by atoms with Crippen LogP contribution in [0.2, 0.25) is 15.1 Å². The number of benzene rings is 1. The third kappa shape index (κ3) is 4.26. The van der Waals surface area contributed by atoms with Crippen molar-refractivity contribution in [2.24, 2.45) is 0 Å². The number of rotatable bonds is 6. The first-order chi connectivity index (χ1) is 12.3. The molecule has 26 heavy (non-hydrogen) atoms. The highest BCUT2D eigenvalue weighted by atomic mass is 35.5. The van der Waals surface area contributed by atoms with Gasteiger partial charge in [0.05, 0.1) is 21.4 Å². The van der Waals surface area contributed by atoms with Crippen LogP contribution in [-0.4, -0.2) is 19.5 Å². The molecular weight excluding hydrogens is 413 g/mol. The van der Waals surface area contributed by atoms with Gasteiger partial charge in [0, 0.05) is 11.4 Å². The van der Waals surface area contributed by atoms with Gasteiger partial charge in [0.25, 0.3) is 0 Å². The van der Waals surface area contributed by atoms with Crippen molar-refractivity contribution in [1.29, 1.82) is 0 Å². The van der Waals surface area contributed by atoms with Crippen molar-refractivity contribution in [2.75, 3.05) is 5.73 Å². The molecule has 0 saturated carbocycles. The van der Waals surface area contributed by atoms with Gasteiger partial charge in [0.2, 0.25) is 0 Å². The fourth-order valence-electron chi connectivity index (χ4n) is 2.38. The number of fused-ring (bicyclic) bond motifs is 1. The maximum Gasteiger partial charge on any atom is 0.195 e. The fourth-order valence-corrected chi connectivity index (χ4v) is 3.90. The van der Waals surface area contributed by atoms with Gasteiger partial charge in [-0.3, -0.25) is 0 Å². The fraction of sp³-hybridized carbons (Fsp3) is 0.235. The molecule has 2 N–H and O–H groups in total. The van der Waals surface area contributed by atoms with E-state index in [1.807, 2.05) is 11.5 Å². The lowest BCUT2D eigenvalue weighted by molar-refractivity contribution is 0.626. The van der Waals surface area contributed by atoms with E-state index in [1.54, 1.807) is 18.5 Å². The van der Waals surface area contributed by atoms with E-state index in [-0.39, 0.29) is 0 Å². The number of halogens is 3. The number of aromatic nitrogens is 4. The minimum Gasteiger partial charge on any atom is -0.382 e. The van der Waals surface area contributed by atoms with Crippen molar-refractivity contribution in [2.45, 2.75) is 36.4 Å². The number of allylic oxidation sites excluding steroid dienone is 1. The highest BCUT2D eigenvalue weighted by Crippen LogP contribution is 2.39. The Hall–Kier alpha value is -1.47. The molecule has 0 unspecified atom stereocenters. The molecule has 2 aliphatic rings. The molecule has 2 heterocycles. The largest absolute Gasteiger partial charge is 0.382 e. The summed E-state index contributed by atoms with van der Waals surface area (Å²) in [6, 6.07) is 3.30. The Balaban J connectivity index is 1.91. The number of nitrogens with zero attached hydrogens (tertiary/aromatic N) is 4. The molecule has 136 valence electrons. The zero-order valence-corrected chi connectivity index (χ0v) is 17.1. The topological polar surface area (TPSA) is 69.6 Å². The molecule has 0 radical (unpaired) electrons. The van der Waals surface area contributed by atoms with Crippen LogP contribution in [0.4, 0.5) is 5.82 Å². The number of anilines is 1. The third-order valence-electron chi connectivity index (χ3n) is 3.65. The molecule has 0 aliphatic carbocycles. The molecule has 5 nitrogen and oxygen atoms in total. The first kappa shape index (κ1) is 19.3. The quantitative estimate of drug-likeness (QED) is 0.395. The lowest BCUT2D eigenvalue weighted by atomic mass is 10.2.